The van der Waals surface area contributed by atoms with Crippen LogP contribution in [0.2, 0.25) is 0 Å². The molecule has 0 saturated carbocycles. The minimum Gasteiger partial charge on any atom is -0.368 e. The van der Waals surface area contributed by atoms with E-state index < -0.39 is 0 Å². The molecule has 0 radical (unpaired) electrons. The van der Waals surface area contributed by atoms with E-state index in [9.17, 15) is 4.39 Å². The number of hydrogen-bond acceptors (Lipinski definition) is 5. The zero-order valence-corrected chi connectivity index (χ0v) is 16.3. The fraction of sp³-hybridized carbons (Fsp3) is 0.429. The highest BCUT2D eigenvalue weighted by molar-refractivity contribution is 7.19. The highest BCUT2D eigenvalue weighted by atomic mass is 32.1. The van der Waals surface area contributed by atoms with E-state index >= 15 is 0 Å². The molecule has 0 amide bonds. The lowest BCUT2D eigenvalue weighted by atomic mass is 9.88. The molecule has 1 atom stereocenters. The van der Waals surface area contributed by atoms with Crippen molar-refractivity contribution in [1.29, 1.82) is 0 Å². The van der Waals surface area contributed by atoms with Gasteiger partial charge in [0, 0.05) is 36.7 Å². The number of aromatic nitrogens is 2. The maximum absolute atomic E-state index is 13.2. The molecule has 0 N–H and O–H groups in total. The molecule has 2 aromatic heterocycles. The third kappa shape index (κ3) is 3.06. The topological polar surface area (TPSA) is 32.3 Å². The van der Waals surface area contributed by atoms with Gasteiger partial charge < -0.3 is 9.80 Å². The molecule has 1 aliphatic heterocycles. The standard InChI is InChI=1S/C21H23FN4S/c1-14-2-7-18-17(12-14)19-20(23-13-24-21(19)27-18)26-10-8-25(9-11-26)16-5-3-15(22)4-6-16/h3-6,13-14H,2,7-12H2,1H3. The van der Waals surface area contributed by atoms with Crippen LogP contribution in [-0.2, 0) is 12.8 Å². The predicted octanol–water partition coefficient (Wildman–Crippen LogP) is 4.28. The Morgan fingerprint density at radius 3 is 2.56 bits per heavy atom. The Morgan fingerprint density at radius 2 is 1.78 bits per heavy atom. The Kier molecular flexibility index (Phi) is 4.23. The summed E-state index contributed by atoms with van der Waals surface area (Å²) in [6.45, 7) is 6.02. The van der Waals surface area contributed by atoms with E-state index in [0.29, 0.717) is 0 Å². The number of benzene rings is 1. The van der Waals surface area contributed by atoms with Gasteiger partial charge in [-0.1, -0.05) is 6.92 Å². The molecule has 1 unspecified atom stereocenters. The van der Waals surface area contributed by atoms with Crippen LogP contribution in [0.15, 0.2) is 30.6 Å². The molecule has 1 saturated heterocycles. The summed E-state index contributed by atoms with van der Waals surface area (Å²) < 4.78 is 13.2. The minimum absolute atomic E-state index is 0.183. The molecule has 0 bridgehead atoms. The van der Waals surface area contributed by atoms with Crippen molar-refractivity contribution < 1.29 is 4.39 Å². The third-order valence-electron chi connectivity index (χ3n) is 5.84. The molecule has 3 aromatic rings. The monoisotopic (exact) mass is 382 g/mol. The molecular formula is C21H23FN4S. The number of nitrogens with zero attached hydrogens (tertiary/aromatic N) is 4. The molecule has 0 spiro atoms. The largest absolute Gasteiger partial charge is 0.368 e. The average Bonchev–Trinajstić information content (AvgIpc) is 3.07. The van der Waals surface area contributed by atoms with Crippen LogP contribution in [-0.4, -0.2) is 36.1 Å². The van der Waals surface area contributed by atoms with Gasteiger partial charge in [-0.15, -0.1) is 11.3 Å². The molecule has 1 aliphatic carbocycles. The highest BCUT2D eigenvalue weighted by Crippen LogP contribution is 2.40. The van der Waals surface area contributed by atoms with E-state index in [1.165, 1.54) is 40.8 Å². The summed E-state index contributed by atoms with van der Waals surface area (Å²) in [5, 5.41) is 1.29. The molecule has 5 rings (SSSR count). The molecule has 2 aliphatic rings. The number of thiophene rings is 1. The number of rotatable bonds is 2. The van der Waals surface area contributed by atoms with E-state index in [1.54, 1.807) is 6.33 Å². The number of hydrogen-bond donors (Lipinski definition) is 0. The Labute approximate surface area is 162 Å². The van der Waals surface area contributed by atoms with Gasteiger partial charge in [0.25, 0.3) is 0 Å². The van der Waals surface area contributed by atoms with Crippen LogP contribution in [0.1, 0.15) is 23.8 Å². The average molecular weight is 383 g/mol. The predicted molar refractivity (Wildman–Crippen MR) is 109 cm³/mol. The first-order valence-corrected chi connectivity index (χ1v) is 10.5. The summed E-state index contributed by atoms with van der Waals surface area (Å²) in [5.74, 6) is 1.65. The summed E-state index contributed by atoms with van der Waals surface area (Å²) in [6, 6.07) is 6.80. The molecule has 1 aromatic carbocycles. The molecule has 1 fully saturated rings. The van der Waals surface area contributed by atoms with Crippen LogP contribution >= 0.6 is 11.3 Å². The number of fused-ring (bicyclic) bond motifs is 3. The van der Waals surface area contributed by atoms with Crippen molar-refractivity contribution in [3.63, 3.8) is 0 Å². The van der Waals surface area contributed by atoms with Gasteiger partial charge in [0.15, 0.2) is 0 Å². The summed E-state index contributed by atoms with van der Waals surface area (Å²) in [4.78, 5) is 16.6. The normalized spacial score (nSPS) is 20.1. The van der Waals surface area contributed by atoms with Gasteiger partial charge in [-0.2, -0.15) is 0 Å². The van der Waals surface area contributed by atoms with Crippen LogP contribution in [0.25, 0.3) is 10.2 Å². The van der Waals surface area contributed by atoms with Gasteiger partial charge in [-0.25, -0.2) is 14.4 Å². The minimum atomic E-state index is -0.183. The number of halogens is 1. The van der Waals surface area contributed by atoms with Gasteiger partial charge in [-0.3, -0.25) is 0 Å². The quantitative estimate of drug-likeness (QED) is 0.662. The smallest absolute Gasteiger partial charge is 0.141 e. The maximum Gasteiger partial charge on any atom is 0.141 e. The molecule has 4 nitrogen and oxygen atoms in total. The number of aryl methyl sites for hydroxylation is 1. The van der Waals surface area contributed by atoms with Crippen LogP contribution in [0.5, 0.6) is 0 Å². The first-order valence-electron chi connectivity index (χ1n) is 9.70. The van der Waals surface area contributed by atoms with Crippen LogP contribution in [0, 0.1) is 11.7 Å². The summed E-state index contributed by atoms with van der Waals surface area (Å²) in [7, 11) is 0. The van der Waals surface area contributed by atoms with E-state index in [1.807, 2.05) is 23.5 Å². The van der Waals surface area contributed by atoms with E-state index in [2.05, 4.69) is 21.7 Å². The van der Waals surface area contributed by atoms with E-state index in [0.717, 1.165) is 54.9 Å². The highest BCUT2D eigenvalue weighted by Gasteiger charge is 2.26. The number of piperazine rings is 1. The molecular weight excluding hydrogens is 359 g/mol. The third-order valence-corrected chi connectivity index (χ3v) is 7.04. The fourth-order valence-electron chi connectivity index (χ4n) is 4.33. The lowest BCUT2D eigenvalue weighted by molar-refractivity contribution is 0.508. The Bertz CT molecular complexity index is 960. The molecule has 140 valence electrons. The van der Waals surface area contributed by atoms with Gasteiger partial charge in [-0.05, 0) is 55.0 Å². The van der Waals surface area contributed by atoms with Gasteiger partial charge in [0.2, 0.25) is 0 Å². The Balaban J connectivity index is 1.42. The van der Waals surface area contributed by atoms with Crippen molar-refractivity contribution in [2.24, 2.45) is 5.92 Å². The maximum atomic E-state index is 13.2. The van der Waals surface area contributed by atoms with Gasteiger partial charge in [0.05, 0.1) is 5.39 Å². The molecule has 27 heavy (non-hydrogen) atoms. The van der Waals surface area contributed by atoms with Crippen molar-refractivity contribution in [1.82, 2.24) is 9.97 Å². The van der Waals surface area contributed by atoms with E-state index in [-0.39, 0.29) is 5.82 Å². The van der Waals surface area contributed by atoms with Crippen molar-refractivity contribution in [3.05, 3.63) is 46.9 Å². The first kappa shape index (κ1) is 16.9. The second-order valence-electron chi connectivity index (χ2n) is 7.68. The lowest BCUT2D eigenvalue weighted by Gasteiger charge is -2.37. The van der Waals surface area contributed by atoms with Crippen molar-refractivity contribution >= 4 is 33.1 Å². The zero-order chi connectivity index (χ0) is 18.4. The van der Waals surface area contributed by atoms with Crippen molar-refractivity contribution in [2.75, 3.05) is 36.0 Å². The molecule has 3 heterocycles. The summed E-state index contributed by atoms with van der Waals surface area (Å²) in [6.07, 6.45) is 5.31. The summed E-state index contributed by atoms with van der Waals surface area (Å²) >= 11 is 1.85. The van der Waals surface area contributed by atoms with Crippen molar-refractivity contribution in [3.8, 4) is 0 Å². The lowest BCUT2D eigenvalue weighted by Crippen LogP contribution is -2.47. The van der Waals surface area contributed by atoms with E-state index in [4.69, 9.17) is 4.98 Å². The Morgan fingerprint density at radius 1 is 1.04 bits per heavy atom. The summed E-state index contributed by atoms with van der Waals surface area (Å²) in [5.41, 5.74) is 2.58. The first-order chi connectivity index (χ1) is 13.2. The molecule has 6 heteroatoms. The van der Waals surface area contributed by atoms with Crippen LogP contribution in [0.3, 0.4) is 0 Å². The second kappa shape index (κ2) is 6.75. The van der Waals surface area contributed by atoms with Crippen LogP contribution in [0.4, 0.5) is 15.9 Å². The van der Waals surface area contributed by atoms with Crippen molar-refractivity contribution in [2.45, 2.75) is 26.2 Å². The second-order valence-corrected chi connectivity index (χ2v) is 8.76. The van der Waals surface area contributed by atoms with Gasteiger partial charge >= 0.3 is 0 Å². The zero-order valence-electron chi connectivity index (χ0n) is 15.5. The number of anilines is 2. The Hall–Kier alpha value is -2.21. The SMILES string of the molecule is CC1CCc2sc3ncnc(N4CCN(c5ccc(F)cc5)CC4)c3c2C1. The van der Waals surface area contributed by atoms with Gasteiger partial charge in [0.1, 0.15) is 22.8 Å². The van der Waals surface area contributed by atoms with Crippen LogP contribution < -0.4 is 9.80 Å². The fourth-order valence-corrected chi connectivity index (χ4v) is 5.51.